The highest BCUT2D eigenvalue weighted by Crippen LogP contribution is 2.32. The Balaban J connectivity index is 1.50. The minimum atomic E-state index is -1.36. The summed E-state index contributed by atoms with van der Waals surface area (Å²) in [5.74, 6) is -3.49. The topological polar surface area (TPSA) is 209 Å². The number of pyridine rings is 1. The summed E-state index contributed by atoms with van der Waals surface area (Å²) in [5.41, 5.74) is 0.801. The number of amides is 6. The minimum Gasteiger partial charge on any atom is -0.444 e. The second-order valence-corrected chi connectivity index (χ2v) is 20.0. The maximum Gasteiger partial charge on any atom is 0.411 e. The second-order valence-electron chi connectivity index (χ2n) is 20.0. The number of aliphatic hydroxyl groups excluding tert-OH is 1. The largest absolute Gasteiger partial charge is 0.444 e. The van der Waals surface area contributed by atoms with Crippen molar-refractivity contribution in [1.82, 2.24) is 35.4 Å². The fraction of sp³-hybridized carbons (Fsp3) is 0.667. The van der Waals surface area contributed by atoms with Crippen LogP contribution in [0.4, 0.5) is 4.79 Å². The molecule has 1 unspecified atom stereocenters. The van der Waals surface area contributed by atoms with Gasteiger partial charge in [-0.05, 0) is 81.5 Å². The van der Waals surface area contributed by atoms with Crippen LogP contribution in [-0.2, 0) is 44.6 Å². The molecule has 2 aromatic rings. The van der Waals surface area contributed by atoms with Crippen molar-refractivity contribution in [3.8, 4) is 0 Å². The number of aromatic nitrogens is 1. The van der Waals surface area contributed by atoms with Gasteiger partial charge in [-0.15, -0.1) is 0 Å². The molecule has 6 amide bonds. The molecule has 69 heavy (non-hydrogen) atoms. The van der Waals surface area contributed by atoms with Crippen molar-refractivity contribution in [2.24, 2.45) is 23.7 Å². The number of methoxy groups -OCH3 is 2. The van der Waals surface area contributed by atoms with E-state index in [-0.39, 0.29) is 43.3 Å². The van der Waals surface area contributed by atoms with Gasteiger partial charge in [-0.1, -0.05) is 73.1 Å². The van der Waals surface area contributed by atoms with Crippen LogP contribution in [0.1, 0.15) is 123 Å². The predicted molar refractivity (Wildman–Crippen MR) is 259 cm³/mol. The number of likely N-dealkylation sites (N-methyl/N-ethyl adjacent to an activating group) is 1. The summed E-state index contributed by atoms with van der Waals surface area (Å²) in [6.45, 7) is 18.5. The highest BCUT2D eigenvalue weighted by atomic mass is 16.7. The van der Waals surface area contributed by atoms with Crippen LogP contribution in [0.3, 0.4) is 0 Å². The van der Waals surface area contributed by atoms with Crippen molar-refractivity contribution >= 4 is 35.6 Å². The molecule has 0 spiro atoms. The van der Waals surface area contributed by atoms with Crippen LogP contribution in [0.25, 0.3) is 0 Å². The number of ether oxygens (including phenoxy) is 3. The Morgan fingerprint density at radius 3 is 2.19 bits per heavy atom. The molecular formula is C51H79N7O11. The van der Waals surface area contributed by atoms with E-state index in [4.69, 9.17) is 19.0 Å². The number of hydroxylamine groups is 2. The molecule has 3 N–H and O–H groups in total. The summed E-state index contributed by atoms with van der Waals surface area (Å²) in [7, 11) is 4.74. The molecule has 4 rings (SSSR count). The van der Waals surface area contributed by atoms with Gasteiger partial charge in [0.15, 0.2) is 6.23 Å². The van der Waals surface area contributed by atoms with E-state index in [1.165, 1.54) is 12.0 Å². The van der Waals surface area contributed by atoms with Gasteiger partial charge in [0.25, 0.3) is 5.91 Å². The molecule has 18 heteroatoms. The molecule has 2 aliphatic rings. The fourth-order valence-corrected chi connectivity index (χ4v) is 9.43. The second kappa shape index (κ2) is 25.6. The maximum atomic E-state index is 14.8. The number of fused-ring (bicyclic) bond motifs is 1. The minimum absolute atomic E-state index is 0.0459. The molecular weight excluding hydrogens is 887 g/mol. The molecule has 9 atom stereocenters. The third-order valence-corrected chi connectivity index (χ3v) is 13.3. The van der Waals surface area contributed by atoms with E-state index in [9.17, 15) is 33.9 Å². The summed E-state index contributed by atoms with van der Waals surface area (Å²) in [4.78, 5) is 98.5. The van der Waals surface area contributed by atoms with Gasteiger partial charge in [0.2, 0.25) is 23.6 Å². The lowest BCUT2D eigenvalue weighted by molar-refractivity contribution is -0.200. The van der Waals surface area contributed by atoms with Crippen molar-refractivity contribution in [2.45, 2.75) is 150 Å². The molecule has 0 saturated carbocycles. The SMILES string of the molecule is CC[C@H](C)[C@@H]([C@@H](CC(=O)N1CCC[C@H]1[C@H](OC)[C@@H](C)C(=O)NCCc1ccncc1)OC)N(C)C(=O)[C@@H](NC(=O)[C@H](C(C)C)N(CCON1C(=O)c2ccccc2C1O)C(=O)OC(C)(C)C)C(C)C. The van der Waals surface area contributed by atoms with E-state index in [2.05, 4.69) is 15.6 Å². The Morgan fingerprint density at radius 1 is 0.942 bits per heavy atom. The normalized spacial score (nSPS) is 19.0. The van der Waals surface area contributed by atoms with Crippen molar-refractivity contribution < 1.29 is 52.9 Å². The summed E-state index contributed by atoms with van der Waals surface area (Å²) in [6.07, 6.45) is 2.62. The van der Waals surface area contributed by atoms with Gasteiger partial charge in [0, 0.05) is 57.9 Å². The van der Waals surface area contributed by atoms with Crippen molar-refractivity contribution in [2.75, 3.05) is 47.5 Å². The molecule has 1 saturated heterocycles. The summed E-state index contributed by atoms with van der Waals surface area (Å²) < 4.78 is 17.8. The Bertz CT molecular complexity index is 2030. The van der Waals surface area contributed by atoms with E-state index in [1.54, 1.807) is 95.2 Å². The van der Waals surface area contributed by atoms with Crippen LogP contribution in [0.2, 0.25) is 0 Å². The first-order valence-electron chi connectivity index (χ1n) is 24.4. The lowest BCUT2D eigenvalue weighted by Gasteiger charge is -2.41. The van der Waals surface area contributed by atoms with E-state index < -0.39 is 83.7 Å². The summed E-state index contributed by atoms with van der Waals surface area (Å²) in [5, 5.41) is 17.7. The number of hydrogen-bond acceptors (Lipinski definition) is 12. The Morgan fingerprint density at radius 2 is 1.61 bits per heavy atom. The van der Waals surface area contributed by atoms with Crippen molar-refractivity contribution in [3.05, 3.63) is 65.5 Å². The first kappa shape index (κ1) is 56.4. The van der Waals surface area contributed by atoms with Crippen molar-refractivity contribution in [3.63, 3.8) is 0 Å². The first-order valence-corrected chi connectivity index (χ1v) is 24.4. The van der Waals surface area contributed by atoms with Gasteiger partial charge in [-0.2, -0.15) is 5.06 Å². The monoisotopic (exact) mass is 966 g/mol. The number of aliphatic hydroxyl groups is 1. The molecule has 0 aliphatic carbocycles. The maximum absolute atomic E-state index is 14.8. The van der Waals surface area contributed by atoms with Crippen molar-refractivity contribution in [1.29, 1.82) is 0 Å². The molecule has 3 heterocycles. The van der Waals surface area contributed by atoms with Crippen LogP contribution in [-0.4, -0.2) is 155 Å². The third-order valence-electron chi connectivity index (χ3n) is 13.3. The van der Waals surface area contributed by atoms with Gasteiger partial charge in [-0.25, -0.2) is 4.79 Å². The van der Waals surface area contributed by atoms with Crippen LogP contribution in [0.15, 0.2) is 48.8 Å². The zero-order valence-corrected chi connectivity index (χ0v) is 43.1. The quantitative estimate of drug-likeness (QED) is 0.125. The number of rotatable bonds is 24. The smallest absolute Gasteiger partial charge is 0.411 e. The lowest BCUT2D eigenvalue weighted by Crippen LogP contribution is -2.61. The van der Waals surface area contributed by atoms with E-state index in [0.717, 1.165) is 17.0 Å². The van der Waals surface area contributed by atoms with Crippen LogP contribution >= 0.6 is 0 Å². The third kappa shape index (κ3) is 14.5. The number of carbonyl (C=O) groups excluding carboxylic acids is 6. The van der Waals surface area contributed by atoms with E-state index in [1.807, 2.05) is 46.8 Å². The van der Waals surface area contributed by atoms with Crippen LogP contribution < -0.4 is 10.6 Å². The molecule has 0 bridgehead atoms. The number of hydrogen-bond donors (Lipinski definition) is 3. The Kier molecular flexibility index (Phi) is 20.9. The van der Waals surface area contributed by atoms with Gasteiger partial charge in [0.1, 0.15) is 17.7 Å². The highest BCUT2D eigenvalue weighted by molar-refractivity contribution is 5.98. The summed E-state index contributed by atoms with van der Waals surface area (Å²) in [6, 6.07) is 7.25. The van der Waals surface area contributed by atoms with E-state index in [0.29, 0.717) is 43.5 Å². The van der Waals surface area contributed by atoms with Crippen LogP contribution in [0, 0.1) is 23.7 Å². The van der Waals surface area contributed by atoms with Gasteiger partial charge in [0.05, 0.1) is 49.8 Å². The van der Waals surface area contributed by atoms with Gasteiger partial charge >= 0.3 is 6.09 Å². The molecule has 18 nitrogen and oxygen atoms in total. The fourth-order valence-electron chi connectivity index (χ4n) is 9.43. The Hall–Kier alpha value is -5.17. The molecule has 0 radical (unpaired) electrons. The van der Waals surface area contributed by atoms with Crippen LogP contribution in [0.5, 0.6) is 0 Å². The predicted octanol–water partition coefficient (Wildman–Crippen LogP) is 5.14. The molecule has 1 aromatic carbocycles. The summed E-state index contributed by atoms with van der Waals surface area (Å²) >= 11 is 0. The number of benzene rings is 1. The average molecular weight is 966 g/mol. The highest BCUT2D eigenvalue weighted by Gasteiger charge is 2.44. The Labute approximate surface area is 409 Å². The number of nitrogens with zero attached hydrogens (tertiary/aromatic N) is 5. The van der Waals surface area contributed by atoms with E-state index >= 15 is 0 Å². The molecule has 1 aromatic heterocycles. The standard InChI is InChI=1S/C51H79N7O11/c1-14-33(6)43(39(66-12)30-40(59)56-27-17-20-38(56)44(67-13)34(7)45(60)53-26-23-35-21-24-52-25-22-35)55(11)49(64)41(31(2)3)54-46(61)42(32(4)5)57(50(65)69-51(8,9)10)28-29-68-58-47(62)36-18-15-16-19-37(36)48(58)63/h15-16,18-19,21-22,24-25,31-34,38-39,41-44,47,62H,14,17,20,23,26-30H2,1-13H3,(H,53,60)(H,54,61)/t33-,34+,38-,39+,41-,42-,43-,44+,47?/m0/s1. The zero-order chi connectivity index (χ0) is 51.3. The molecule has 384 valence electrons. The first-order chi connectivity index (χ1) is 32.6. The zero-order valence-electron chi connectivity index (χ0n) is 43.1. The number of likely N-dealkylation sites (tertiary alicyclic amines) is 1. The van der Waals surface area contributed by atoms with Gasteiger partial charge in [-0.3, -0.25) is 38.7 Å². The lowest BCUT2D eigenvalue weighted by atomic mass is 9.89. The van der Waals surface area contributed by atoms with Gasteiger partial charge < -0.3 is 39.8 Å². The average Bonchev–Trinajstić information content (AvgIpc) is 3.88. The molecule has 2 aliphatic heterocycles. The number of carbonyl (C=O) groups is 6. The molecule has 1 fully saturated rings. The number of nitrogens with one attached hydrogen (secondary N) is 2.